The first kappa shape index (κ1) is 15.1. The van der Waals surface area contributed by atoms with E-state index >= 15 is 0 Å². The lowest BCUT2D eigenvalue weighted by atomic mass is 10.1. The van der Waals surface area contributed by atoms with Gasteiger partial charge in [0.1, 0.15) is 5.54 Å². The van der Waals surface area contributed by atoms with Crippen molar-refractivity contribution in [2.75, 3.05) is 12.3 Å². The maximum Gasteiger partial charge on any atom is 0.238 e. The Morgan fingerprint density at radius 2 is 2.00 bits per heavy atom. The summed E-state index contributed by atoms with van der Waals surface area (Å²) < 4.78 is 0. The maximum atomic E-state index is 11.5. The smallest absolute Gasteiger partial charge is 0.238 e. The molecule has 0 radical (unpaired) electrons. The van der Waals surface area contributed by atoms with E-state index in [1.807, 2.05) is 6.92 Å². The molecular weight excluding hydrogens is 244 g/mol. The van der Waals surface area contributed by atoms with Gasteiger partial charge < -0.3 is 11.1 Å². The Morgan fingerprint density at radius 1 is 1.39 bits per heavy atom. The molecule has 18 heavy (non-hydrogen) atoms. The quantitative estimate of drug-likeness (QED) is 0.745. The molecular formula is C14H22N2OS. The van der Waals surface area contributed by atoms with Gasteiger partial charge in [0.15, 0.2) is 0 Å². The molecule has 0 saturated carbocycles. The van der Waals surface area contributed by atoms with E-state index < -0.39 is 5.54 Å². The molecule has 0 heterocycles. The van der Waals surface area contributed by atoms with Crippen LogP contribution in [-0.4, -0.2) is 23.7 Å². The van der Waals surface area contributed by atoms with Crippen molar-refractivity contribution >= 4 is 17.7 Å². The van der Waals surface area contributed by atoms with Crippen LogP contribution in [0.5, 0.6) is 0 Å². The van der Waals surface area contributed by atoms with E-state index in [-0.39, 0.29) is 5.91 Å². The largest absolute Gasteiger partial charge is 0.368 e. The number of hydrogen-bond donors (Lipinski definition) is 2. The summed E-state index contributed by atoms with van der Waals surface area (Å²) in [5, 5.41) is 3.23. The molecule has 0 aromatic heterocycles. The van der Waals surface area contributed by atoms with Gasteiger partial charge in [0.25, 0.3) is 0 Å². The van der Waals surface area contributed by atoms with E-state index in [1.165, 1.54) is 5.56 Å². The monoisotopic (exact) mass is 266 g/mol. The maximum absolute atomic E-state index is 11.5. The first-order valence-corrected chi connectivity index (χ1v) is 7.21. The molecule has 1 amide bonds. The summed E-state index contributed by atoms with van der Waals surface area (Å²) in [7, 11) is 0. The molecule has 1 atom stereocenters. The highest BCUT2D eigenvalue weighted by Gasteiger charge is 2.30. The van der Waals surface area contributed by atoms with Crippen molar-refractivity contribution in [1.29, 1.82) is 0 Å². The molecule has 4 heteroatoms. The topological polar surface area (TPSA) is 55.1 Å². The van der Waals surface area contributed by atoms with Gasteiger partial charge in [0.2, 0.25) is 5.91 Å². The van der Waals surface area contributed by atoms with Crippen LogP contribution in [-0.2, 0) is 4.79 Å². The molecule has 100 valence electrons. The van der Waals surface area contributed by atoms with Gasteiger partial charge >= 0.3 is 0 Å². The van der Waals surface area contributed by atoms with Crippen LogP contribution >= 0.6 is 11.8 Å². The third-order valence-electron chi connectivity index (χ3n) is 2.86. The number of nitrogens with one attached hydrogen (secondary N) is 1. The number of hydrogen-bond acceptors (Lipinski definition) is 3. The normalized spacial score (nSPS) is 14.2. The third-order valence-corrected chi connectivity index (χ3v) is 4.18. The Morgan fingerprint density at radius 3 is 2.50 bits per heavy atom. The molecule has 1 unspecified atom stereocenters. The summed E-state index contributed by atoms with van der Waals surface area (Å²) in [5.41, 5.74) is 6.08. The fraction of sp³-hybridized carbons (Fsp3) is 0.500. The van der Waals surface area contributed by atoms with Crippen molar-refractivity contribution in [3.8, 4) is 0 Å². The molecule has 0 bridgehead atoms. The van der Waals surface area contributed by atoms with E-state index in [2.05, 4.69) is 43.4 Å². The van der Waals surface area contributed by atoms with Crippen LogP contribution in [0.15, 0.2) is 29.2 Å². The molecule has 3 N–H and O–H groups in total. The van der Waals surface area contributed by atoms with Crippen molar-refractivity contribution in [2.45, 2.75) is 37.6 Å². The molecule has 0 fully saturated rings. The Labute approximate surface area is 114 Å². The number of carbonyl (C=O) groups excluding carboxylic acids is 1. The Kier molecular flexibility index (Phi) is 5.69. The molecule has 0 aliphatic rings. The molecule has 1 aromatic rings. The van der Waals surface area contributed by atoms with Crippen molar-refractivity contribution in [1.82, 2.24) is 5.32 Å². The van der Waals surface area contributed by atoms with Crippen molar-refractivity contribution in [3.05, 3.63) is 29.8 Å². The summed E-state index contributed by atoms with van der Waals surface area (Å²) in [5.74, 6) is 0.348. The van der Waals surface area contributed by atoms with Crippen molar-refractivity contribution in [2.24, 2.45) is 5.73 Å². The van der Waals surface area contributed by atoms with Gasteiger partial charge in [0.05, 0.1) is 0 Å². The molecule has 1 aromatic carbocycles. The van der Waals surface area contributed by atoms with Gasteiger partial charge in [-0.05, 0) is 38.9 Å². The Hall–Kier alpha value is -1.00. The number of thioether (sulfide) groups is 1. The fourth-order valence-electron chi connectivity index (χ4n) is 1.47. The highest BCUT2D eigenvalue weighted by Crippen LogP contribution is 2.23. The average Bonchev–Trinajstić information content (AvgIpc) is 2.35. The van der Waals surface area contributed by atoms with Crippen LogP contribution in [0.1, 0.15) is 25.8 Å². The van der Waals surface area contributed by atoms with Gasteiger partial charge in [0, 0.05) is 10.6 Å². The summed E-state index contributed by atoms with van der Waals surface area (Å²) in [6.45, 7) is 6.80. The highest BCUT2D eigenvalue weighted by molar-refractivity contribution is 7.99. The van der Waals surface area contributed by atoms with Crippen LogP contribution in [0.3, 0.4) is 0 Å². The predicted octanol–water partition coefficient (Wildman–Crippen LogP) is 2.33. The van der Waals surface area contributed by atoms with Crippen LogP contribution in [0.25, 0.3) is 0 Å². The van der Waals surface area contributed by atoms with Gasteiger partial charge in [-0.1, -0.05) is 24.6 Å². The lowest BCUT2D eigenvalue weighted by molar-refractivity contribution is -0.122. The Balaban J connectivity index is 2.62. The molecule has 1 rings (SSSR count). The van der Waals surface area contributed by atoms with Gasteiger partial charge in [-0.25, -0.2) is 0 Å². The third kappa shape index (κ3) is 4.35. The zero-order valence-electron chi connectivity index (χ0n) is 11.3. The van der Waals surface area contributed by atoms with Crippen LogP contribution in [0.2, 0.25) is 0 Å². The van der Waals surface area contributed by atoms with Crippen LogP contribution < -0.4 is 11.1 Å². The SMILES string of the molecule is CCCNC(C)(CSc1ccc(C)cc1)C(N)=O. The van der Waals surface area contributed by atoms with E-state index in [0.29, 0.717) is 5.75 Å². The minimum atomic E-state index is -0.647. The summed E-state index contributed by atoms with van der Waals surface area (Å²) in [6.07, 6.45) is 0.984. The second-order valence-corrected chi connectivity index (χ2v) is 5.77. The van der Waals surface area contributed by atoms with Gasteiger partial charge in [-0.15, -0.1) is 11.8 Å². The van der Waals surface area contributed by atoms with Crippen LogP contribution in [0, 0.1) is 6.92 Å². The van der Waals surface area contributed by atoms with Crippen molar-refractivity contribution < 1.29 is 4.79 Å². The number of carbonyl (C=O) groups is 1. The van der Waals surface area contributed by atoms with Crippen molar-refractivity contribution in [3.63, 3.8) is 0 Å². The standard InChI is InChI=1S/C14H22N2OS/c1-4-9-16-14(3,13(15)17)10-18-12-7-5-11(2)6-8-12/h5-8,16H,4,9-10H2,1-3H3,(H2,15,17). The van der Waals surface area contributed by atoms with Gasteiger partial charge in [-0.3, -0.25) is 4.79 Å². The number of amides is 1. The van der Waals surface area contributed by atoms with E-state index in [4.69, 9.17) is 5.73 Å². The minimum absolute atomic E-state index is 0.296. The molecule has 0 aliphatic heterocycles. The zero-order chi connectivity index (χ0) is 13.6. The van der Waals surface area contributed by atoms with E-state index in [1.54, 1.807) is 11.8 Å². The molecule has 0 spiro atoms. The molecule has 3 nitrogen and oxygen atoms in total. The summed E-state index contributed by atoms with van der Waals surface area (Å²) in [4.78, 5) is 12.7. The number of benzene rings is 1. The predicted molar refractivity (Wildman–Crippen MR) is 77.8 cm³/mol. The summed E-state index contributed by atoms with van der Waals surface area (Å²) in [6, 6.07) is 8.29. The summed E-state index contributed by atoms with van der Waals surface area (Å²) >= 11 is 1.65. The average molecular weight is 266 g/mol. The van der Waals surface area contributed by atoms with E-state index in [0.717, 1.165) is 17.9 Å². The first-order valence-electron chi connectivity index (χ1n) is 6.22. The molecule has 0 saturated heterocycles. The lowest BCUT2D eigenvalue weighted by Gasteiger charge is -2.27. The molecule has 0 aliphatic carbocycles. The number of nitrogens with two attached hydrogens (primary N) is 1. The number of rotatable bonds is 7. The minimum Gasteiger partial charge on any atom is -0.368 e. The lowest BCUT2D eigenvalue weighted by Crippen LogP contribution is -2.55. The van der Waals surface area contributed by atoms with Crippen LogP contribution in [0.4, 0.5) is 0 Å². The second kappa shape index (κ2) is 6.81. The Bertz CT molecular complexity index is 391. The number of aryl methyl sites for hydroxylation is 1. The van der Waals surface area contributed by atoms with E-state index in [9.17, 15) is 4.79 Å². The number of primary amides is 1. The van der Waals surface area contributed by atoms with Gasteiger partial charge in [-0.2, -0.15) is 0 Å². The zero-order valence-corrected chi connectivity index (χ0v) is 12.1. The fourth-order valence-corrected chi connectivity index (χ4v) is 2.50. The highest BCUT2D eigenvalue weighted by atomic mass is 32.2. The second-order valence-electron chi connectivity index (χ2n) is 4.72. The first-order chi connectivity index (χ1) is 8.48.